The van der Waals surface area contributed by atoms with E-state index in [4.69, 9.17) is 15.8 Å². The molecular formula is C31H29N3O. The first kappa shape index (κ1) is 20.5. The normalized spacial score (nSPS) is 13.1. The van der Waals surface area contributed by atoms with Crippen LogP contribution in [0.3, 0.4) is 0 Å². The molecule has 35 heavy (non-hydrogen) atoms. The number of rotatable bonds is 3. The molecule has 0 atom stereocenters. The minimum atomic E-state index is -0.701. The van der Waals surface area contributed by atoms with Crippen molar-refractivity contribution in [3.8, 4) is 17.1 Å². The van der Waals surface area contributed by atoms with Crippen molar-refractivity contribution in [3.63, 3.8) is 0 Å². The molecule has 0 saturated carbocycles. The van der Waals surface area contributed by atoms with Gasteiger partial charge < -0.3 is 4.42 Å². The Labute approximate surface area is 206 Å². The maximum atomic E-state index is 8.44. The van der Waals surface area contributed by atoms with E-state index in [9.17, 15) is 0 Å². The van der Waals surface area contributed by atoms with Crippen molar-refractivity contribution in [1.29, 1.82) is 0 Å². The Morgan fingerprint density at radius 2 is 1.66 bits per heavy atom. The van der Waals surface area contributed by atoms with E-state index in [0.717, 1.165) is 61.4 Å². The SMILES string of the molecule is [2H]C(C)(C)c1ccc2c(c1)oc1c(-c3nc4ccc(C(C)(C)C)nc4n3-c3ccccc3)cccc12. The summed E-state index contributed by atoms with van der Waals surface area (Å²) in [6, 6.07) is 26.6. The van der Waals surface area contributed by atoms with Gasteiger partial charge in [0.05, 0.1) is 5.56 Å². The molecule has 0 radical (unpaired) electrons. The molecule has 6 aromatic rings. The predicted molar refractivity (Wildman–Crippen MR) is 144 cm³/mol. The Morgan fingerprint density at radius 3 is 2.40 bits per heavy atom. The van der Waals surface area contributed by atoms with Crippen molar-refractivity contribution in [3.05, 3.63) is 90.1 Å². The van der Waals surface area contributed by atoms with E-state index in [2.05, 4.69) is 73.9 Å². The first-order valence-corrected chi connectivity index (χ1v) is 12.0. The van der Waals surface area contributed by atoms with Gasteiger partial charge in [0, 0.05) is 28.9 Å². The zero-order valence-corrected chi connectivity index (χ0v) is 20.8. The third-order valence-corrected chi connectivity index (χ3v) is 6.60. The number of nitrogens with zero attached hydrogens (tertiary/aromatic N) is 3. The van der Waals surface area contributed by atoms with Gasteiger partial charge in [0.25, 0.3) is 0 Å². The van der Waals surface area contributed by atoms with Crippen LogP contribution in [0.25, 0.3) is 50.2 Å². The lowest BCUT2D eigenvalue weighted by Crippen LogP contribution is -2.13. The largest absolute Gasteiger partial charge is 0.455 e. The fourth-order valence-corrected chi connectivity index (χ4v) is 4.66. The minimum absolute atomic E-state index is 0.0811. The molecule has 0 spiro atoms. The molecule has 0 N–H and O–H groups in total. The number of benzene rings is 3. The molecule has 0 aliphatic rings. The summed E-state index contributed by atoms with van der Waals surface area (Å²) in [7, 11) is 0. The quantitative estimate of drug-likeness (QED) is 0.266. The monoisotopic (exact) mass is 460 g/mol. The van der Waals surface area contributed by atoms with Crippen LogP contribution in [0.4, 0.5) is 0 Å². The molecule has 0 aliphatic carbocycles. The molecule has 4 heteroatoms. The number of hydrogen-bond acceptors (Lipinski definition) is 3. The van der Waals surface area contributed by atoms with E-state index < -0.39 is 5.89 Å². The summed E-state index contributed by atoms with van der Waals surface area (Å²) in [6.07, 6.45) is 0. The lowest BCUT2D eigenvalue weighted by Gasteiger charge is -2.17. The summed E-state index contributed by atoms with van der Waals surface area (Å²) in [5.74, 6) is 0.0914. The average molecular weight is 461 g/mol. The van der Waals surface area contributed by atoms with Gasteiger partial charge in [-0.05, 0) is 47.9 Å². The maximum absolute atomic E-state index is 8.44. The summed E-state index contributed by atoms with van der Waals surface area (Å²) in [6.45, 7) is 10.3. The van der Waals surface area contributed by atoms with Crippen LogP contribution in [0.5, 0.6) is 0 Å². The standard InChI is InChI=1S/C31H29N3O/c1-19(2)20-14-15-22-23-12-9-13-24(28(23)35-26(22)18-20)29-32-25-16-17-27(31(3,4)5)33-30(25)34(29)21-10-7-6-8-11-21/h6-19H,1-5H3/i19D. The first-order chi connectivity index (χ1) is 17.1. The number of imidazole rings is 1. The predicted octanol–water partition coefficient (Wildman–Crippen LogP) is 8.41. The second-order valence-corrected chi connectivity index (χ2v) is 10.4. The molecule has 0 unspecified atom stereocenters. The highest BCUT2D eigenvalue weighted by Crippen LogP contribution is 2.38. The molecule has 0 saturated heterocycles. The summed E-state index contributed by atoms with van der Waals surface area (Å²) in [5, 5.41) is 2.07. The third kappa shape index (κ3) is 3.52. The number of furan rings is 1. The van der Waals surface area contributed by atoms with Gasteiger partial charge in [0.15, 0.2) is 11.5 Å². The van der Waals surface area contributed by atoms with Crippen LogP contribution in [0.2, 0.25) is 0 Å². The molecule has 0 amide bonds. The summed E-state index contributed by atoms with van der Waals surface area (Å²) >= 11 is 0. The van der Waals surface area contributed by atoms with Gasteiger partial charge >= 0.3 is 0 Å². The Balaban J connectivity index is 1.67. The van der Waals surface area contributed by atoms with Crippen LogP contribution in [0.1, 0.15) is 53.1 Å². The number of para-hydroxylation sites is 2. The van der Waals surface area contributed by atoms with Gasteiger partial charge in [-0.15, -0.1) is 0 Å². The first-order valence-electron chi connectivity index (χ1n) is 12.5. The molecule has 0 bridgehead atoms. The number of pyridine rings is 1. The van der Waals surface area contributed by atoms with Crippen molar-refractivity contribution in [1.82, 2.24) is 14.5 Å². The van der Waals surface area contributed by atoms with E-state index in [1.54, 1.807) is 0 Å². The fraction of sp³-hybridized carbons (Fsp3) is 0.226. The Kier molecular flexibility index (Phi) is 4.56. The van der Waals surface area contributed by atoms with E-state index in [1.807, 2.05) is 44.2 Å². The minimum Gasteiger partial charge on any atom is -0.455 e. The molecule has 0 aliphatic heterocycles. The lowest BCUT2D eigenvalue weighted by atomic mass is 9.92. The smallest absolute Gasteiger partial charge is 0.165 e. The van der Waals surface area contributed by atoms with Crippen LogP contribution in [-0.2, 0) is 5.41 Å². The molecule has 6 rings (SSSR count). The Hall–Kier alpha value is -3.92. The van der Waals surface area contributed by atoms with Crippen molar-refractivity contribution in [2.45, 2.75) is 45.9 Å². The molecule has 3 aromatic heterocycles. The fourth-order valence-electron chi connectivity index (χ4n) is 4.66. The second-order valence-electron chi connectivity index (χ2n) is 10.4. The van der Waals surface area contributed by atoms with E-state index in [1.165, 1.54) is 0 Å². The number of fused-ring (bicyclic) bond motifs is 4. The number of hydrogen-bond donors (Lipinski definition) is 0. The summed E-state index contributed by atoms with van der Waals surface area (Å²) in [5.41, 5.74) is 7.01. The molecular weight excluding hydrogens is 430 g/mol. The highest BCUT2D eigenvalue weighted by atomic mass is 16.3. The Bertz CT molecular complexity index is 1750. The highest BCUT2D eigenvalue weighted by molar-refractivity contribution is 6.09. The van der Waals surface area contributed by atoms with Crippen LogP contribution in [-0.4, -0.2) is 14.5 Å². The maximum Gasteiger partial charge on any atom is 0.165 e. The number of aromatic nitrogens is 3. The van der Waals surface area contributed by atoms with Gasteiger partial charge in [0.1, 0.15) is 16.7 Å². The molecule has 0 fully saturated rings. The van der Waals surface area contributed by atoms with Crippen LogP contribution < -0.4 is 0 Å². The van der Waals surface area contributed by atoms with Crippen molar-refractivity contribution in [2.24, 2.45) is 0 Å². The van der Waals surface area contributed by atoms with Gasteiger partial charge in [-0.25, -0.2) is 9.97 Å². The zero-order valence-electron chi connectivity index (χ0n) is 21.8. The Morgan fingerprint density at radius 1 is 0.857 bits per heavy atom. The van der Waals surface area contributed by atoms with Gasteiger partial charge in [-0.2, -0.15) is 0 Å². The molecule has 4 nitrogen and oxygen atoms in total. The lowest BCUT2D eigenvalue weighted by molar-refractivity contribution is 0.571. The summed E-state index contributed by atoms with van der Waals surface area (Å²) in [4.78, 5) is 10.1. The zero-order chi connectivity index (χ0) is 25.2. The van der Waals surface area contributed by atoms with E-state index >= 15 is 0 Å². The topological polar surface area (TPSA) is 43.9 Å². The van der Waals surface area contributed by atoms with E-state index in [-0.39, 0.29) is 5.41 Å². The molecule has 3 heterocycles. The van der Waals surface area contributed by atoms with Gasteiger partial charge in [-0.3, -0.25) is 4.57 Å². The van der Waals surface area contributed by atoms with Crippen LogP contribution in [0.15, 0.2) is 83.3 Å². The van der Waals surface area contributed by atoms with Crippen LogP contribution in [0, 0.1) is 0 Å². The van der Waals surface area contributed by atoms with Gasteiger partial charge in [0.2, 0.25) is 0 Å². The van der Waals surface area contributed by atoms with E-state index in [0.29, 0.717) is 0 Å². The second kappa shape index (κ2) is 7.81. The van der Waals surface area contributed by atoms with Crippen molar-refractivity contribution in [2.75, 3.05) is 0 Å². The van der Waals surface area contributed by atoms with Gasteiger partial charge in [-0.1, -0.05) is 77.1 Å². The molecule has 3 aromatic carbocycles. The van der Waals surface area contributed by atoms with Crippen molar-refractivity contribution >= 4 is 33.1 Å². The molecule has 174 valence electrons. The van der Waals surface area contributed by atoms with Crippen LogP contribution >= 0.6 is 0 Å². The average Bonchev–Trinajstić information content (AvgIpc) is 3.41. The summed E-state index contributed by atoms with van der Waals surface area (Å²) < 4.78 is 17.1. The third-order valence-electron chi connectivity index (χ3n) is 6.60. The van der Waals surface area contributed by atoms with Crippen molar-refractivity contribution < 1.29 is 5.79 Å². The highest BCUT2D eigenvalue weighted by Gasteiger charge is 2.23.